The second kappa shape index (κ2) is 2.34. The molecule has 2 aromatic rings. The van der Waals surface area contributed by atoms with Gasteiger partial charge in [-0.15, -0.1) is 0 Å². The van der Waals surface area contributed by atoms with Crippen LogP contribution in [0, 0.1) is 0 Å². The summed E-state index contributed by atoms with van der Waals surface area (Å²) in [6.07, 6.45) is 3.75. The molecule has 0 saturated carbocycles. The maximum Gasteiger partial charge on any atom is 0.272 e. The lowest BCUT2D eigenvalue weighted by atomic mass is 10.2. The third-order valence-electron chi connectivity index (χ3n) is 1.77. The smallest absolute Gasteiger partial charge is 0.272 e. The van der Waals surface area contributed by atoms with Crippen molar-refractivity contribution in [2.45, 2.75) is 0 Å². The van der Waals surface area contributed by atoms with Gasteiger partial charge in [0.1, 0.15) is 5.52 Å². The average Bonchev–Trinajstić information content (AvgIpc) is 2.54. The summed E-state index contributed by atoms with van der Waals surface area (Å²) in [7, 11) is 0. The van der Waals surface area contributed by atoms with E-state index in [1.807, 2.05) is 0 Å². The molecular weight excluding hydrogens is 156 g/mol. The Kier molecular flexibility index (Phi) is 1.33. The fraction of sp³-hybridized carbons (Fsp3) is 0. The predicted molar refractivity (Wildman–Crippen MR) is 44.3 cm³/mol. The van der Waals surface area contributed by atoms with Crippen LogP contribution >= 0.6 is 0 Å². The molecule has 0 bridgehead atoms. The van der Waals surface area contributed by atoms with Crippen LogP contribution in [0.5, 0.6) is 0 Å². The fourth-order valence-corrected chi connectivity index (χ4v) is 1.19. The fourth-order valence-electron chi connectivity index (χ4n) is 1.19. The molecule has 0 saturated heterocycles. The maximum atomic E-state index is 11.1. The SMILES string of the molecule is O=Cc1c[nH]c(=O)c2[nH]ccc12. The summed E-state index contributed by atoms with van der Waals surface area (Å²) < 4.78 is 0. The Morgan fingerprint density at radius 2 is 2.17 bits per heavy atom. The Balaban J connectivity index is 3.01. The summed E-state index contributed by atoms with van der Waals surface area (Å²) in [6, 6.07) is 1.70. The molecule has 2 heterocycles. The molecule has 0 spiro atoms. The summed E-state index contributed by atoms with van der Waals surface area (Å²) in [5.74, 6) is 0. The molecule has 0 aromatic carbocycles. The molecule has 0 unspecified atom stereocenters. The normalized spacial score (nSPS) is 10.3. The molecule has 0 atom stereocenters. The molecule has 4 heteroatoms. The van der Waals surface area contributed by atoms with Gasteiger partial charge in [0, 0.05) is 23.3 Å². The number of aromatic nitrogens is 2. The molecule has 60 valence electrons. The lowest BCUT2D eigenvalue weighted by molar-refractivity contribution is 0.112. The Labute approximate surface area is 67.2 Å². The first-order chi connectivity index (χ1) is 5.83. The number of hydrogen-bond acceptors (Lipinski definition) is 2. The van der Waals surface area contributed by atoms with Crippen molar-refractivity contribution in [1.82, 2.24) is 9.97 Å². The van der Waals surface area contributed by atoms with Crippen LogP contribution in [0.1, 0.15) is 10.4 Å². The van der Waals surface area contributed by atoms with E-state index < -0.39 is 0 Å². The van der Waals surface area contributed by atoms with Gasteiger partial charge in [0.2, 0.25) is 0 Å². The number of fused-ring (bicyclic) bond motifs is 1. The Morgan fingerprint density at radius 3 is 2.92 bits per heavy atom. The van der Waals surface area contributed by atoms with Crippen LogP contribution in [0.15, 0.2) is 23.3 Å². The number of aromatic amines is 2. The van der Waals surface area contributed by atoms with Crippen molar-refractivity contribution in [3.8, 4) is 0 Å². The third kappa shape index (κ3) is 0.780. The number of carbonyl (C=O) groups is 1. The Bertz CT molecular complexity index is 481. The highest BCUT2D eigenvalue weighted by Gasteiger charge is 2.03. The van der Waals surface area contributed by atoms with E-state index in [-0.39, 0.29) is 5.56 Å². The van der Waals surface area contributed by atoms with Crippen molar-refractivity contribution in [2.24, 2.45) is 0 Å². The van der Waals surface area contributed by atoms with Crippen LogP contribution in [-0.2, 0) is 0 Å². The van der Waals surface area contributed by atoms with Crippen molar-refractivity contribution in [3.63, 3.8) is 0 Å². The van der Waals surface area contributed by atoms with Crippen LogP contribution in [0.25, 0.3) is 10.9 Å². The molecule has 0 amide bonds. The van der Waals surface area contributed by atoms with Gasteiger partial charge >= 0.3 is 0 Å². The standard InChI is InChI=1S/C8H6N2O2/c11-4-5-3-10-8(12)7-6(5)1-2-9-7/h1-4,9H,(H,10,12). The van der Waals surface area contributed by atoms with Crippen LogP contribution < -0.4 is 5.56 Å². The summed E-state index contributed by atoms with van der Waals surface area (Å²) in [4.78, 5) is 26.8. The maximum absolute atomic E-state index is 11.1. The molecule has 0 radical (unpaired) electrons. The largest absolute Gasteiger partial charge is 0.357 e. The Hall–Kier alpha value is -1.84. The van der Waals surface area contributed by atoms with Gasteiger partial charge in [0.05, 0.1) is 0 Å². The molecule has 0 aliphatic carbocycles. The number of hydrogen-bond donors (Lipinski definition) is 2. The van der Waals surface area contributed by atoms with Crippen molar-refractivity contribution in [3.05, 3.63) is 34.4 Å². The van der Waals surface area contributed by atoms with E-state index in [1.54, 1.807) is 12.3 Å². The second-order valence-electron chi connectivity index (χ2n) is 2.46. The van der Waals surface area contributed by atoms with E-state index in [2.05, 4.69) is 9.97 Å². The van der Waals surface area contributed by atoms with Crippen molar-refractivity contribution >= 4 is 17.2 Å². The summed E-state index contributed by atoms with van der Waals surface area (Å²) in [5, 5.41) is 0.661. The highest BCUT2D eigenvalue weighted by Crippen LogP contribution is 2.09. The monoisotopic (exact) mass is 162 g/mol. The van der Waals surface area contributed by atoms with E-state index >= 15 is 0 Å². The van der Waals surface area contributed by atoms with E-state index in [9.17, 15) is 9.59 Å². The van der Waals surface area contributed by atoms with Crippen molar-refractivity contribution in [2.75, 3.05) is 0 Å². The minimum absolute atomic E-state index is 0.208. The molecule has 0 aliphatic heterocycles. The number of H-pyrrole nitrogens is 2. The molecule has 2 rings (SSSR count). The zero-order valence-corrected chi connectivity index (χ0v) is 6.13. The number of aldehydes is 1. The summed E-state index contributed by atoms with van der Waals surface area (Å²) in [5.41, 5.74) is 0.728. The van der Waals surface area contributed by atoms with Gasteiger partial charge < -0.3 is 9.97 Å². The minimum Gasteiger partial charge on any atom is -0.357 e. The molecule has 12 heavy (non-hydrogen) atoms. The molecule has 4 nitrogen and oxygen atoms in total. The van der Waals surface area contributed by atoms with E-state index in [0.29, 0.717) is 22.8 Å². The summed E-state index contributed by atoms with van der Waals surface area (Å²) >= 11 is 0. The first-order valence-corrected chi connectivity index (χ1v) is 3.47. The van der Waals surface area contributed by atoms with E-state index in [4.69, 9.17) is 0 Å². The van der Waals surface area contributed by atoms with Gasteiger partial charge in [0.15, 0.2) is 6.29 Å². The predicted octanol–water partition coefficient (Wildman–Crippen LogP) is 0.669. The zero-order chi connectivity index (χ0) is 8.55. The highest BCUT2D eigenvalue weighted by molar-refractivity contribution is 5.95. The number of carbonyl (C=O) groups excluding carboxylic acids is 1. The van der Waals surface area contributed by atoms with Gasteiger partial charge in [0.25, 0.3) is 5.56 Å². The van der Waals surface area contributed by atoms with Crippen molar-refractivity contribution in [1.29, 1.82) is 0 Å². The molecule has 0 fully saturated rings. The lowest BCUT2D eigenvalue weighted by Gasteiger charge is -1.91. The van der Waals surface area contributed by atoms with Gasteiger partial charge in [-0.1, -0.05) is 0 Å². The quantitative estimate of drug-likeness (QED) is 0.605. The summed E-state index contributed by atoms with van der Waals surface area (Å²) in [6.45, 7) is 0. The van der Waals surface area contributed by atoms with Crippen LogP contribution in [0.4, 0.5) is 0 Å². The van der Waals surface area contributed by atoms with Crippen LogP contribution in [0.2, 0.25) is 0 Å². The highest BCUT2D eigenvalue weighted by atomic mass is 16.1. The van der Waals surface area contributed by atoms with Crippen molar-refractivity contribution < 1.29 is 4.79 Å². The molecule has 0 aliphatic rings. The second-order valence-corrected chi connectivity index (χ2v) is 2.46. The van der Waals surface area contributed by atoms with Crippen LogP contribution in [-0.4, -0.2) is 16.3 Å². The van der Waals surface area contributed by atoms with E-state index in [0.717, 1.165) is 0 Å². The Morgan fingerprint density at radius 1 is 1.33 bits per heavy atom. The van der Waals surface area contributed by atoms with Gasteiger partial charge in [-0.25, -0.2) is 0 Å². The van der Waals surface area contributed by atoms with Gasteiger partial charge in [-0.2, -0.15) is 0 Å². The lowest BCUT2D eigenvalue weighted by Crippen LogP contribution is -2.06. The van der Waals surface area contributed by atoms with E-state index in [1.165, 1.54) is 6.20 Å². The number of rotatable bonds is 1. The van der Waals surface area contributed by atoms with Gasteiger partial charge in [-0.3, -0.25) is 9.59 Å². The third-order valence-corrected chi connectivity index (χ3v) is 1.77. The van der Waals surface area contributed by atoms with Crippen LogP contribution in [0.3, 0.4) is 0 Å². The number of nitrogens with one attached hydrogen (secondary N) is 2. The molecular formula is C8H6N2O2. The average molecular weight is 162 g/mol. The molecule has 2 aromatic heterocycles. The molecule has 2 N–H and O–H groups in total. The zero-order valence-electron chi connectivity index (χ0n) is 6.13. The topological polar surface area (TPSA) is 65.7 Å². The number of pyridine rings is 1. The first kappa shape index (κ1) is 6.84. The first-order valence-electron chi connectivity index (χ1n) is 3.47. The minimum atomic E-state index is -0.208. The van der Waals surface area contributed by atoms with Gasteiger partial charge in [-0.05, 0) is 6.07 Å².